The van der Waals surface area contributed by atoms with E-state index in [0.29, 0.717) is 0 Å². The molecule has 3 rings (SSSR count). The first kappa shape index (κ1) is 6.85. The fourth-order valence-electron chi connectivity index (χ4n) is 1.37. The van der Waals surface area contributed by atoms with Gasteiger partial charge in [-0.1, -0.05) is 0 Å². The van der Waals surface area contributed by atoms with Crippen molar-refractivity contribution < 1.29 is 8.85 Å². The van der Waals surface area contributed by atoms with Crippen molar-refractivity contribution in [3.63, 3.8) is 0 Å². The lowest BCUT2D eigenvalue weighted by atomic mass is 10.2. The van der Waals surface area contributed by atoms with E-state index in [1.165, 1.54) is 6.33 Å². The van der Waals surface area contributed by atoms with Gasteiger partial charge < -0.3 is 8.85 Å². The second-order valence-electron chi connectivity index (χ2n) is 2.79. The number of hydrogen-bond donors (Lipinski definition) is 0. The minimum Gasteiger partial charge on any atom is -0.513 e. The lowest BCUT2D eigenvalue weighted by Gasteiger charge is -1.99. The quantitative estimate of drug-likeness (QED) is 0.564. The molecular weight excluding hydrogens is 184 g/mol. The molecule has 0 radical (unpaired) electrons. The van der Waals surface area contributed by atoms with Crippen molar-refractivity contribution in [1.82, 2.24) is 9.97 Å². The number of fused-ring (bicyclic) bond motifs is 2. The lowest BCUT2D eigenvalue weighted by Crippen LogP contribution is -1.99. The zero-order valence-corrected chi connectivity index (χ0v) is 8.14. The van der Waals surface area contributed by atoms with Crippen LogP contribution in [0.3, 0.4) is 0 Å². The Morgan fingerprint density at radius 1 is 1.15 bits per heavy atom. The zero-order valence-electron chi connectivity index (χ0n) is 6.73. The summed E-state index contributed by atoms with van der Waals surface area (Å²) in [7, 11) is -0.833. The predicted molar refractivity (Wildman–Crippen MR) is 49.3 cm³/mol. The summed E-state index contributed by atoms with van der Waals surface area (Å²) in [5.74, 6) is 1.65. The third-order valence-electron chi connectivity index (χ3n) is 2.00. The lowest BCUT2D eigenvalue weighted by molar-refractivity contribution is 0.541. The minimum absolute atomic E-state index is 0.817. The smallest absolute Gasteiger partial charge is 0.427 e. The summed E-state index contributed by atoms with van der Waals surface area (Å²) < 4.78 is 10.7. The average molecular weight is 190 g/mol. The van der Waals surface area contributed by atoms with Crippen LogP contribution < -0.4 is 8.85 Å². The molecule has 0 spiro atoms. The second kappa shape index (κ2) is 2.43. The van der Waals surface area contributed by atoms with Gasteiger partial charge in [-0.25, -0.2) is 9.97 Å². The fourth-order valence-corrected chi connectivity index (χ4v) is 2.14. The van der Waals surface area contributed by atoms with Crippen LogP contribution in [-0.2, 0) is 0 Å². The topological polar surface area (TPSA) is 44.2 Å². The van der Waals surface area contributed by atoms with Crippen LogP contribution in [0.5, 0.6) is 11.5 Å². The molecule has 0 aliphatic carbocycles. The van der Waals surface area contributed by atoms with Crippen molar-refractivity contribution in [3.8, 4) is 11.5 Å². The SMILES string of the molecule is c1ncc2cc3c(cc2n1)O[SiH2]O3. The van der Waals surface area contributed by atoms with Crippen molar-refractivity contribution in [2.45, 2.75) is 0 Å². The van der Waals surface area contributed by atoms with Crippen molar-refractivity contribution in [1.29, 1.82) is 0 Å². The summed E-state index contributed by atoms with van der Waals surface area (Å²) in [6, 6.07) is 3.82. The first-order valence-electron chi connectivity index (χ1n) is 3.93. The Bertz CT molecular complexity index is 432. The number of aromatic nitrogens is 2. The molecule has 0 saturated heterocycles. The van der Waals surface area contributed by atoms with Gasteiger partial charge in [0.1, 0.15) is 17.8 Å². The third kappa shape index (κ3) is 0.972. The average Bonchev–Trinajstić information content (AvgIpc) is 2.61. The van der Waals surface area contributed by atoms with Gasteiger partial charge in [0.15, 0.2) is 0 Å². The van der Waals surface area contributed by atoms with Gasteiger partial charge in [-0.05, 0) is 6.07 Å². The van der Waals surface area contributed by atoms with E-state index >= 15 is 0 Å². The molecule has 0 atom stereocenters. The van der Waals surface area contributed by atoms with E-state index in [1.54, 1.807) is 6.20 Å². The molecule has 0 N–H and O–H groups in total. The highest BCUT2D eigenvalue weighted by molar-refractivity contribution is 6.23. The molecule has 0 saturated carbocycles. The number of hydrogen-bond acceptors (Lipinski definition) is 4. The van der Waals surface area contributed by atoms with Gasteiger partial charge in [-0.3, -0.25) is 0 Å². The molecule has 0 bridgehead atoms. The Balaban J connectivity index is 2.36. The molecule has 1 aliphatic heterocycles. The standard InChI is InChI=1S/C8H6N2O2Si/c1-5-3-9-4-10-6(5)2-8-7(1)11-13-12-8/h1-4H,13H2. The van der Waals surface area contributed by atoms with Crippen LogP contribution in [0.1, 0.15) is 0 Å². The monoisotopic (exact) mass is 190 g/mol. The second-order valence-corrected chi connectivity index (χ2v) is 3.60. The third-order valence-corrected chi connectivity index (χ3v) is 2.86. The van der Waals surface area contributed by atoms with E-state index in [9.17, 15) is 0 Å². The largest absolute Gasteiger partial charge is 0.513 e. The summed E-state index contributed by atoms with van der Waals surface area (Å²) in [6.45, 7) is 0. The van der Waals surface area contributed by atoms with Gasteiger partial charge in [0.25, 0.3) is 0 Å². The molecule has 13 heavy (non-hydrogen) atoms. The highest BCUT2D eigenvalue weighted by Crippen LogP contribution is 2.34. The Morgan fingerprint density at radius 2 is 2.00 bits per heavy atom. The van der Waals surface area contributed by atoms with Crippen LogP contribution in [-0.4, -0.2) is 20.0 Å². The summed E-state index contributed by atoms with van der Waals surface area (Å²) in [5, 5.41) is 0.987. The molecule has 1 aromatic heterocycles. The van der Waals surface area contributed by atoms with Crippen LogP contribution in [0.2, 0.25) is 0 Å². The highest BCUT2D eigenvalue weighted by Gasteiger charge is 2.14. The van der Waals surface area contributed by atoms with Crippen molar-refractivity contribution >= 4 is 20.9 Å². The molecule has 2 heterocycles. The van der Waals surface area contributed by atoms with E-state index in [0.717, 1.165) is 22.4 Å². The molecule has 64 valence electrons. The Labute approximate surface area is 76.6 Å². The highest BCUT2D eigenvalue weighted by atomic mass is 28.3. The molecule has 0 unspecified atom stereocenters. The molecular formula is C8H6N2O2Si. The number of benzene rings is 1. The minimum atomic E-state index is -0.833. The van der Waals surface area contributed by atoms with Gasteiger partial charge in [-0.2, -0.15) is 0 Å². The first-order valence-corrected chi connectivity index (χ1v) is 5.08. The first-order chi connectivity index (χ1) is 6.43. The predicted octanol–water partition coefficient (Wildman–Crippen LogP) is 0.400. The molecule has 0 amide bonds. The van der Waals surface area contributed by atoms with Gasteiger partial charge in [0.05, 0.1) is 5.52 Å². The maximum absolute atomic E-state index is 5.37. The Morgan fingerprint density at radius 3 is 2.92 bits per heavy atom. The molecule has 0 fully saturated rings. The number of rotatable bonds is 0. The van der Waals surface area contributed by atoms with Crippen molar-refractivity contribution in [2.75, 3.05) is 0 Å². The summed E-state index contributed by atoms with van der Waals surface area (Å²) in [6.07, 6.45) is 3.30. The summed E-state index contributed by atoms with van der Waals surface area (Å²) >= 11 is 0. The van der Waals surface area contributed by atoms with Gasteiger partial charge in [0.2, 0.25) is 0 Å². The Hall–Kier alpha value is -1.62. The van der Waals surface area contributed by atoms with Gasteiger partial charge in [-0.15, -0.1) is 0 Å². The van der Waals surface area contributed by atoms with E-state index in [2.05, 4.69) is 9.97 Å². The van der Waals surface area contributed by atoms with Crippen LogP contribution in [0.4, 0.5) is 0 Å². The molecule has 2 aromatic rings. The Kier molecular flexibility index (Phi) is 1.28. The molecule has 1 aliphatic rings. The van der Waals surface area contributed by atoms with E-state index in [1.807, 2.05) is 12.1 Å². The van der Waals surface area contributed by atoms with Gasteiger partial charge in [0, 0.05) is 17.6 Å². The van der Waals surface area contributed by atoms with Crippen LogP contribution >= 0.6 is 0 Å². The molecule has 5 heteroatoms. The van der Waals surface area contributed by atoms with E-state index < -0.39 is 10.0 Å². The van der Waals surface area contributed by atoms with E-state index in [-0.39, 0.29) is 0 Å². The molecule has 4 nitrogen and oxygen atoms in total. The maximum Gasteiger partial charge on any atom is 0.427 e. The van der Waals surface area contributed by atoms with Crippen LogP contribution in [0.15, 0.2) is 24.7 Å². The fraction of sp³-hybridized carbons (Fsp3) is 0. The van der Waals surface area contributed by atoms with E-state index in [4.69, 9.17) is 8.85 Å². The van der Waals surface area contributed by atoms with Crippen molar-refractivity contribution in [2.24, 2.45) is 0 Å². The van der Waals surface area contributed by atoms with Gasteiger partial charge >= 0.3 is 10.0 Å². The van der Waals surface area contributed by atoms with Crippen LogP contribution in [0.25, 0.3) is 10.9 Å². The summed E-state index contributed by atoms with van der Waals surface area (Å²) in [4.78, 5) is 8.07. The summed E-state index contributed by atoms with van der Waals surface area (Å²) in [5.41, 5.74) is 0.897. The molecule has 1 aromatic carbocycles. The zero-order chi connectivity index (χ0) is 8.67. The normalized spacial score (nSPS) is 15.4. The van der Waals surface area contributed by atoms with Crippen molar-refractivity contribution in [3.05, 3.63) is 24.7 Å². The maximum atomic E-state index is 5.37. The number of nitrogens with zero attached hydrogens (tertiary/aromatic N) is 2. The van der Waals surface area contributed by atoms with Crippen LogP contribution in [0, 0.1) is 0 Å².